The smallest absolute Gasteiger partial charge is 0.253 e. The Labute approximate surface area is 141 Å². The number of carbonyl (C=O) groups excluding carboxylic acids is 2. The summed E-state index contributed by atoms with van der Waals surface area (Å²) in [5.74, 6) is 0.827. The van der Waals surface area contributed by atoms with E-state index in [1.807, 2.05) is 6.07 Å². The van der Waals surface area contributed by atoms with Crippen molar-refractivity contribution in [2.75, 3.05) is 37.6 Å². The van der Waals surface area contributed by atoms with Gasteiger partial charge in [0.2, 0.25) is 5.95 Å². The topological polar surface area (TPSA) is 69.6 Å². The number of imide groups is 1. The lowest BCUT2D eigenvalue weighted by atomic mass is 9.90. The molecule has 0 aromatic carbocycles. The third-order valence-corrected chi connectivity index (χ3v) is 5.18. The Morgan fingerprint density at radius 1 is 1.00 bits per heavy atom. The normalized spacial score (nSPS) is 27.7. The molecule has 7 heteroatoms. The first-order chi connectivity index (χ1) is 11.7. The second-order valence-corrected chi connectivity index (χ2v) is 6.71. The standard InChI is InChI=1S/C17H21N5O2/c23-15-4-5-16(24)22(15)11-13-2-3-14-12-21(9-8-20(14)10-13)17-18-6-1-7-19-17/h1,4-7,13-14H,2-3,8-12H2/t13-,14-/m0/s1. The lowest BCUT2D eigenvalue weighted by molar-refractivity contribution is -0.137. The molecule has 3 aliphatic rings. The Morgan fingerprint density at radius 2 is 1.75 bits per heavy atom. The fraction of sp³-hybridized carbons (Fsp3) is 0.529. The number of piperazine rings is 1. The van der Waals surface area contributed by atoms with Crippen molar-refractivity contribution >= 4 is 17.8 Å². The summed E-state index contributed by atoms with van der Waals surface area (Å²) in [6, 6.07) is 2.34. The fourth-order valence-corrected chi connectivity index (χ4v) is 3.91. The van der Waals surface area contributed by atoms with Crippen LogP contribution in [0.3, 0.4) is 0 Å². The molecule has 0 aliphatic carbocycles. The molecule has 0 bridgehead atoms. The predicted molar refractivity (Wildman–Crippen MR) is 88.2 cm³/mol. The van der Waals surface area contributed by atoms with Crippen LogP contribution in [0.15, 0.2) is 30.6 Å². The van der Waals surface area contributed by atoms with Crippen molar-refractivity contribution in [1.82, 2.24) is 19.8 Å². The highest BCUT2D eigenvalue weighted by atomic mass is 16.2. The van der Waals surface area contributed by atoms with Gasteiger partial charge in [-0.2, -0.15) is 0 Å². The molecule has 2 amide bonds. The maximum atomic E-state index is 11.7. The monoisotopic (exact) mass is 327 g/mol. The molecule has 126 valence electrons. The van der Waals surface area contributed by atoms with Crippen LogP contribution in [0.2, 0.25) is 0 Å². The van der Waals surface area contributed by atoms with Crippen LogP contribution in [0.5, 0.6) is 0 Å². The van der Waals surface area contributed by atoms with E-state index in [4.69, 9.17) is 0 Å². The van der Waals surface area contributed by atoms with Crippen molar-refractivity contribution in [3.63, 3.8) is 0 Å². The quantitative estimate of drug-likeness (QED) is 0.744. The number of fused-ring (bicyclic) bond motifs is 1. The molecule has 0 N–H and O–H groups in total. The molecule has 0 saturated carbocycles. The maximum Gasteiger partial charge on any atom is 0.253 e. The number of anilines is 1. The number of hydrogen-bond donors (Lipinski definition) is 0. The van der Waals surface area contributed by atoms with Crippen molar-refractivity contribution < 1.29 is 9.59 Å². The summed E-state index contributed by atoms with van der Waals surface area (Å²) in [5, 5.41) is 0. The highest BCUT2D eigenvalue weighted by molar-refractivity contribution is 6.12. The minimum Gasteiger partial charge on any atom is -0.338 e. The summed E-state index contributed by atoms with van der Waals surface area (Å²) in [7, 11) is 0. The SMILES string of the molecule is O=C1C=CC(=O)N1C[C@H]1CC[C@H]2CN(c3ncccn3)CCN2C1. The van der Waals surface area contributed by atoms with Crippen LogP contribution in [0.4, 0.5) is 5.95 Å². The van der Waals surface area contributed by atoms with E-state index in [9.17, 15) is 9.59 Å². The fourth-order valence-electron chi connectivity index (χ4n) is 3.91. The molecule has 0 radical (unpaired) electrons. The first-order valence-electron chi connectivity index (χ1n) is 8.50. The highest BCUT2D eigenvalue weighted by Crippen LogP contribution is 2.27. The Bertz CT molecular complexity index is 644. The Morgan fingerprint density at radius 3 is 2.50 bits per heavy atom. The van der Waals surface area contributed by atoms with Crippen LogP contribution in [-0.2, 0) is 9.59 Å². The van der Waals surface area contributed by atoms with E-state index < -0.39 is 0 Å². The third-order valence-electron chi connectivity index (χ3n) is 5.18. The second kappa shape index (κ2) is 6.32. The average molecular weight is 327 g/mol. The molecule has 0 unspecified atom stereocenters. The number of piperidine rings is 1. The Balaban J connectivity index is 1.35. The van der Waals surface area contributed by atoms with Crippen molar-refractivity contribution in [3.8, 4) is 0 Å². The number of nitrogens with zero attached hydrogens (tertiary/aromatic N) is 5. The number of hydrogen-bond acceptors (Lipinski definition) is 6. The van der Waals surface area contributed by atoms with Gasteiger partial charge in [0.1, 0.15) is 0 Å². The van der Waals surface area contributed by atoms with Gasteiger partial charge in [0.15, 0.2) is 0 Å². The number of rotatable bonds is 3. The number of carbonyl (C=O) groups is 2. The van der Waals surface area contributed by atoms with E-state index in [2.05, 4.69) is 19.8 Å². The molecule has 2 saturated heterocycles. The summed E-state index contributed by atoms with van der Waals surface area (Å²) in [6.07, 6.45) is 8.42. The van der Waals surface area contributed by atoms with E-state index in [0.717, 1.165) is 45.0 Å². The summed E-state index contributed by atoms with van der Waals surface area (Å²) >= 11 is 0. The molecular weight excluding hydrogens is 306 g/mol. The van der Waals surface area contributed by atoms with Crippen molar-refractivity contribution in [2.24, 2.45) is 5.92 Å². The predicted octanol–water partition coefficient (Wildman–Crippen LogP) is 0.302. The van der Waals surface area contributed by atoms with E-state index in [1.54, 1.807) is 12.4 Å². The van der Waals surface area contributed by atoms with E-state index in [0.29, 0.717) is 18.5 Å². The van der Waals surface area contributed by atoms with Gasteiger partial charge in [0.05, 0.1) is 0 Å². The summed E-state index contributed by atoms with van der Waals surface area (Å²) in [4.78, 5) is 38.3. The molecular formula is C17H21N5O2. The maximum absolute atomic E-state index is 11.7. The lowest BCUT2D eigenvalue weighted by Crippen LogP contribution is -2.57. The van der Waals surface area contributed by atoms with Crippen LogP contribution in [0, 0.1) is 5.92 Å². The van der Waals surface area contributed by atoms with Crippen molar-refractivity contribution in [1.29, 1.82) is 0 Å². The number of aromatic nitrogens is 2. The van der Waals surface area contributed by atoms with Crippen molar-refractivity contribution in [3.05, 3.63) is 30.6 Å². The summed E-state index contributed by atoms with van der Waals surface area (Å²) < 4.78 is 0. The molecule has 1 aromatic rings. The minimum atomic E-state index is -0.173. The highest BCUT2D eigenvalue weighted by Gasteiger charge is 2.35. The van der Waals surface area contributed by atoms with Gasteiger partial charge in [-0.1, -0.05) is 0 Å². The molecule has 2 fully saturated rings. The minimum absolute atomic E-state index is 0.173. The molecule has 3 aliphatic heterocycles. The zero-order chi connectivity index (χ0) is 16.5. The molecule has 1 aromatic heterocycles. The van der Waals surface area contributed by atoms with Gasteiger partial charge in [0.25, 0.3) is 11.8 Å². The lowest BCUT2D eigenvalue weighted by Gasteiger charge is -2.46. The molecule has 0 spiro atoms. The molecule has 24 heavy (non-hydrogen) atoms. The van der Waals surface area contributed by atoms with E-state index in [-0.39, 0.29) is 11.8 Å². The molecule has 4 rings (SSSR count). The molecule has 4 heterocycles. The van der Waals surface area contributed by atoms with Gasteiger partial charge in [-0.3, -0.25) is 19.4 Å². The second-order valence-electron chi connectivity index (χ2n) is 6.71. The van der Waals surface area contributed by atoms with Gasteiger partial charge in [-0.15, -0.1) is 0 Å². The van der Waals surface area contributed by atoms with E-state index in [1.165, 1.54) is 17.1 Å². The summed E-state index contributed by atoms with van der Waals surface area (Å²) in [5.41, 5.74) is 0. The van der Waals surface area contributed by atoms with Crippen LogP contribution >= 0.6 is 0 Å². The molecule has 7 nitrogen and oxygen atoms in total. The van der Waals surface area contributed by atoms with E-state index >= 15 is 0 Å². The third kappa shape index (κ3) is 2.91. The van der Waals surface area contributed by atoms with Gasteiger partial charge >= 0.3 is 0 Å². The largest absolute Gasteiger partial charge is 0.338 e. The first kappa shape index (κ1) is 15.3. The zero-order valence-electron chi connectivity index (χ0n) is 13.5. The van der Waals surface area contributed by atoms with Crippen LogP contribution in [-0.4, -0.2) is 70.3 Å². The van der Waals surface area contributed by atoms with Gasteiger partial charge in [-0.25, -0.2) is 9.97 Å². The zero-order valence-corrected chi connectivity index (χ0v) is 13.5. The number of amides is 2. The van der Waals surface area contributed by atoms with Gasteiger partial charge < -0.3 is 4.90 Å². The van der Waals surface area contributed by atoms with Crippen LogP contribution in [0.1, 0.15) is 12.8 Å². The van der Waals surface area contributed by atoms with Crippen LogP contribution < -0.4 is 4.90 Å². The Hall–Kier alpha value is -2.28. The summed E-state index contributed by atoms with van der Waals surface area (Å²) in [6.45, 7) is 4.32. The molecule has 2 atom stereocenters. The average Bonchev–Trinajstić information content (AvgIpc) is 2.94. The van der Waals surface area contributed by atoms with Crippen molar-refractivity contribution in [2.45, 2.75) is 18.9 Å². The van der Waals surface area contributed by atoms with Gasteiger partial charge in [-0.05, 0) is 24.8 Å². The van der Waals surface area contributed by atoms with Crippen LogP contribution in [0.25, 0.3) is 0 Å². The van der Waals surface area contributed by atoms with Gasteiger partial charge in [0, 0.05) is 63.3 Å². The first-order valence-corrected chi connectivity index (χ1v) is 8.50. The Kier molecular flexibility index (Phi) is 4.02.